The molecule has 3 aromatic rings. The van der Waals surface area contributed by atoms with Gasteiger partial charge in [0.25, 0.3) is 0 Å². The number of fused-ring (bicyclic) bond motifs is 1. The molecule has 2 aromatic carbocycles. The summed E-state index contributed by atoms with van der Waals surface area (Å²) in [5.41, 5.74) is 5.25. The zero-order valence-electron chi connectivity index (χ0n) is 11.3. The van der Waals surface area contributed by atoms with Crippen molar-refractivity contribution in [3.8, 4) is 17.0 Å². The molecule has 0 aliphatic heterocycles. The molecule has 0 fully saturated rings. The van der Waals surface area contributed by atoms with Gasteiger partial charge in [0, 0.05) is 17.0 Å². The van der Waals surface area contributed by atoms with E-state index < -0.39 is 0 Å². The second kappa shape index (κ2) is 4.63. The third-order valence-corrected chi connectivity index (χ3v) is 3.98. The molecule has 0 saturated carbocycles. The average molecular weight is 274 g/mol. The Morgan fingerprint density at radius 2 is 1.76 bits per heavy atom. The van der Waals surface area contributed by atoms with Crippen LogP contribution < -0.4 is 0 Å². The summed E-state index contributed by atoms with van der Waals surface area (Å²) in [5, 5.41) is 17.3. The number of phenols is 1. The molecule has 0 spiro atoms. The van der Waals surface area contributed by atoms with Gasteiger partial charge in [-0.2, -0.15) is 5.10 Å². The van der Waals surface area contributed by atoms with Crippen molar-refractivity contribution >= 4 is 6.08 Å². The number of aromatic hydroxyl groups is 1. The molecule has 0 amide bonds. The second-order valence-corrected chi connectivity index (χ2v) is 5.18. The van der Waals surface area contributed by atoms with Gasteiger partial charge in [0.15, 0.2) is 0 Å². The number of aromatic nitrogens is 2. The van der Waals surface area contributed by atoms with E-state index in [9.17, 15) is 5.11 Å². The fourth-order valence-corrected chi connectivity index (χ4v) is 2.95. The van der Waals surface area contributed by atoms with Gasteiger partial charge in [-0.1, -0.05) is 48.6 Å². The van der Waals surface area contributed by atoms with E-state index in [4.69, 9.17) is 0 Å². The maximum atomic E-state index is 10.1. The first-order valence-electron chi connectivity index (χ1n) is 6.93. The normalized spacial score (nSPS) is 16.1. The molecular formula is C18H14N2O. The number of para-hydroxylation sites is 1. The topological polar surface area (TPSA) is 48.9 Å². The highest BCUT2D eigenvalue weighted by Gasteiger charge is 2.23. The molecule has 1 aliphatic carbocycles. The van der Waals surface area contributed by atoms with Gasteiger partial charge in [0.1, 0.15) is 5.75 Å². The molecule has 21 heavy (non-hydrogen) atoms. The molecule has 0 radical (unpaired) electrons. The van der Waals surface area contributed by atoms with Crippen molar-refractivity contribution in [3.05, 3.63) is 77.5 Å². The van der Waals surface area contributed by atoms with E-state index in [0.29, 0.717) is 0 Å². The van der Waals surface area contributed by atoms with Crippen molar-refractivity contribution in [2.45, 2.75) is 5.92 Å². The minimum atomic E-state index is 0.176. The van der Waals surface area contributed by atoms with Gasteiger partial charge in [-0.05, 0) is 23.3 Å². The molecule has 1 unspecified atom stereocenters. The van der Waals surface area contributed by atoms with Crippen molar-refractivity contribution in [3.63, 3.8) is 0 Å². The Morgan fingerprint density at radius 3 is 2.67 bits per heavy atom. The summed E-state index contributed by atoms with van der Waals surface area (Å²) in [6, 6.07) is 15.7. The highest BCUT2D eigenvalue weighted by Crippen LogP contribution is 2.40. The molecular weight excluding hydrogens is 260 g/mol. The zero-order chi connectivity index (χ0) is 14.2. The first-order valence-corrected chi connectivity index (χ1v) is 6.93. The van der Waals surface area contributed by atoms with Crippen LogP contribution in [0.3, 0.4) is 0 Å². The van der Waals surface area contributed by atoms with Crippen LogP contribution in [0.25, 0.3) is 17.3 Å². The van der Waals surface area contributed by atoms with Crippen LogP contribution in [0.5, 0.6) is 5.75 Å². The minimum absolute atomic E-state index is 0.176. The fraction of sp³-hybridized carbons (Fsp3) is 0.0556. The van der Waals surface area contributed by atoms with Crippen molar-refractivity contribution in [1.29, 1.82) is 0 Å². The van der Waals surface area contributed by atoms with E-state index in [2.05, 4.69) is 40.5 Å². The fourth-order valence-electron chi connectivity index (χ4n) is 2.95. The molecule has 4 rings (SSSR count). The van der Waals surface area contributed by atoms with Crippen LogP contribution in [0.15, 0.2) is 60.8 Å². The highest BCUT2D eigenvalue weighted by molar-refractivity contribution is 5.74. The summed E-state index contributed by atoms with van der Waals surface area (Å²) in [5.74, 6) is 0.438. The third-order valence-electron chi connectivity index (χ3n) is 3.98. The van der Waals surface area contributed by atoms with E-state index in [1.807, 2.05) is 30.5 Å². The quantitative estimate of drug-likeness (QED) is 0.743. The first kappa shape index (κ1) is 12.0. The van der Waals surface area contributed by atoms with Crippen LogP contribution in [-0.2, 0) is 0 Å². The van der Waals surface area contributed by atoms with E-state index in [1.165, 1.54) is 11.1 Å². The SMILES string of the molecule is Oc1ccccc1-c1[nH]ncc1C1C=Cc2ccccc21. The maximum Gasteiger partial charge on any atom is 0.124 e. The third kappa shape index (κ3) is 1.86. The van der Waals surface area contributed by atoms with Gasteiger partial charge in [-0.25, -0.2) is 0 Å². The Labute approximate surface area is 122 Å². The minimum Gasteiger partial charge on any atom is -0.507 e. The van der Waals surface area contributed by atoms with Crippen LogP contribution in [0.1, 0.15) is 22.6 Å². The average Bonchev–Trinajstić information content (AvgIpc) is 3.13. The van der Waals surface area contributed by atoms with E-state index in [1.54, 1.807) is 6.07 Å². The lowest BCUT2D eigenvalue weighted by Gasteiger charge is -2.12. The Bertz CT molecular complexity index is 832. The molecule has 1 aromatic heterocycles. The molecule has 1 atom stereocenters. The molecule has 1 heterocycles. The summed E-state index contributed by atoms with van der Waals surface area (Å²) in [4.78, 5) is 0. The molecule has 3 heteroatoms. The van der Waals surface area contributed by atoms with Gasteiger partial charge in [0.2, 0.25) is 0 Å². The first-order chi connectivity index (χ1) is 10.3. The number of hydrogen-bond donors (Lipinski definition) is 2. The maximum absolute atomic E-state index is 10.1. The summed E-state index contributed by atoms with van der Waals surface area (Å²) in [6.07, 6.45) is 6.17. The monoisotopic (exact) mass is 274 g/mol. The largest absolute Gasteiger partial charge is 0.507 e. The van der Waals surface area contributed by atoms with Crippen molar-refractivity contribution in [2.24, 2.45) is 0 Å². The number of phenolic OH excluding ortho intramolecular Hbond substituents is 1. The van der Waals surface area contributed by atoms with Crippen LogP contribution in [-0.4, -0.2) is 15.3 Å². The summed E-state index contributed by atoms with van der Waals surface area (Å²) in [6.45, 7) is 0. The predicted octanol–water partition coefficient (Wildman–Crippen LogP) is 3.94. The molecule has 3 nitrogen and oxygen atoms in total. The van der Waals surface area contributed by atoms with Crippen LogP contribution in [0, 0.1) is 0 Å². The molecule has 102 valence electrons. The lowest BCUT2D eigenvalue weighted by atomic mass is 9.91. The molecule has 2 N–H and O–H groups in total. The number of allylic oxidation sites excluding steroid dienone is 1. The summed E-state index contributed by atoms with van der Waals surface area (Å²) in [7, 11) is 0. The highest BCUT2D eigenvalue weighted by atomic mass is 16.3. The lowest BCUT2D eigenvalue weighted by molar-refractivity contribution is 0.477. The second-order valence-electron chi connectivity index (χ2n) is 5.18. The number of benzene rings is 2. The Morgan fingerprint density at radius 1 is 0.952 bits per heavy atom. The van der Waals surface area contributed by atoms with Gasteiger partial charge in [-0.15, -0.1) is 0 Å². The van der Waals surface area contributed by atoms with E-state index >= 15 is 0 Å². The van der Waals surface area contributed by atoms with Crippen molar-refractivity contribution in [2.75, 3.05) is 0 Å². The summed E-state index contributed by atoms with van der Waals surface area (Å²) < 4.78 is 0. The number of hydrogen-bond acceptors (Lipinski definition) is 2. The van der Waals surface area contributed by atoms with Gasteiger partial charge in [-0.3, -0.25) is 5.10 Å². The van der Waals surface area contributed by atoms with Crippen LogP contribution in [0.4, 0.5) is 0 Å². The standard InChI is InChI=1S/C18H14N2O/c21-17-8-4-3-7-15(17)18-16(11-19-20-18)14-10-9-12-5-1-2-6-13(12)14/h1-11,14,21H,(H,19,20). The smallest absolute Gasteiger partial charge is 0.124 e. The van der Waals surface area contributed by atoms with Gasteiger partial charge < -0.3 is 5.11 Å². The zero-order valence-corrected chi connectivity index (χ0v) is 11.3. The van der Waals surface area contributed by atoms with Crippen LogP contribution >= 0.6 is 0 Å². The molecule has 0 saturated heterocycles. The molecule has 1 aliphatic rings. The Kier molecular flexibility index (Phi) is 2.64. The van der Waals surface area contributed by atoms with E-state index in [-0.39, 0.29) is 11.7 Å². The Balaban J connectivity index is 1.85. The number of nitrogens with zero attached hydrogens (tertiary/aromatic N) is 1. The summed E-state index contributed by atoms with van der Waals surface area (Å²) >= 11 is 0. The van der Waals surface area contributed by atoms with Crippen LogP contribution in [0.2, 0.25) is 0 Å². The number of aromatic amines is 1. The van der Waals surface area contributed by atoms with E-state index in [0.717, 1.165) is 16.8 Å². The van der Waals surface area contributed by atoms with Gasteiger partial charge in [0.05, 0.1) is 11.9 Å². The van der Waals surface area contributed by atoms with Gasteiger partial charge >= 0.3 is 0 Å². The number of nitrogens with one attached hydrogen (secondary N) is 1. The Hall–Kier alpha value is -2.81. The van der Waals surface area contributed by atoms with Crippen molar-refractivity contribution < 1.29 is 5.11 Å². The molecule has 0 bridgehead atoms. The number of rotatable bonds is 2. The predicted molar refractivity (Wildman–Crippen MR) is 83.0 cm³/mol. The van der Waals surface area contributed by atoms with Crippen molar-refractivity contribution in [1.82, 2.24) is 10.2 Å². The lowest BCUT2D eigenvalue weighted by Crippen LogP contribution is -1.96. The number of H-pyrrole nitrogens is 1.